The second-order valence-corrected chi connectivity index (χ2v) is 8.15. The van der Waals surface area contributed by atoms with Gasteiger partial charge in [-0.15, -0.1) is 0 Å². The Bertz CT molecular complexity index is 1580. The van der Waals surface area contributed by atoms with E-state index in [0.29, 0.717) is 0 Å². The predicted molar refractivity (Wildman–Crippen MR) is 125 cm³/mol. The van der Waals surface area contributed by atoms with E-state index in [1.807, 2.05) is 0 Å². The van der Waals surface area contributed by atoms with E-state index in [-0.39, 0.29) is 0 Å². The summed E-state index contributed by atoms with van der Waals surface area (Å²) in [5.74, 6) is 0. The molecule has 0 spiro atoms. The molecule has 134 valence electrons. The Labute approximate surface area is 169 Å². The highest BCUT2D eigenvalue weighted by Gasteiger charge is 2.23. The molecule has 1 aliphatic rings. The molecule has 0 nitrogen and oxygen atoms in total. The van der Waals surface area contributed by atoms with Crippen molar-refractivity contribution in [2.24, 2.45) is 0 Å². The molecule has 6 aromatic rings. The van der Waals surface area contributed by atoms with Gasteiger partial charge in [0.05, 0.1) is 0 Å². The average molecular weight is 366 g/mol. The Morgan fingerprint density at radius 2 is 1.00 bits per heavy atom. The Balaban J connectivity index is 1.73. The van der Waals surface area contributed by atoms with Crippen LogP contribution in [0.25, 0.3) is 54.2 Å². The van der Waals surface area contributed by atoms with Crippen LogP contribution in [0.1, 0.15) is 11.1 Å². The lowest BCUT2D eigenvalue weighted by Crippen LogP contribution is -1.88. The molecular weight excluding hydrogens is 348 g/mol. The van der Waals surface area contributed by atoms with Crippen LogP contribution in [-0.4, -0.2) is 0 Å². The van der Waals surface area contributed by atoms with Crippen LogP contribution in [0, 0.1) is 0 Å². The van der Waals surface area contributed by atoms with Crippen LogP contribution in [0.4, 0.5) is 0 Å². The van der Waals surface area contributed by atoms with E-state index in [0.717, 1.165) is 6.42 Å². The molecule has 0 fully saturated rings. The maximum atomic E-state index is 2.40. The Morgan fingerprint density at radius 3 is 1.72 bits per heavy atom. The molecule has 7 rings (SSSR count). The second kappa shape index (κ2) is 5.46. The standard InChI is InChI=1S/C29H18/c1-2-8-19-17-27-21(15-18(19)7-1)16-20-13-14-26-24-11-4-3-9-22(24)23-10-5-6-12-25(23)29(26)28(20)27/h1-15,17H,16H2. The van der Waals surface area contributed by atoms with Crippen molar-refractivity contribution in [3.05, 3.63) is 108 Å². The van der Waals surface area contributed by atoms with Gasteiger partial charge in [0.1, 0.15) is 0 Å². The lowest BCUT2D eigenvalue weighted by molar-refractivity contribution is 1.27. The zero-order chi connectivity index (χ0) is 18.9. The van der Waals surface area contributed by atoms with Crippen molar-refractivity contribution < 1.29 is 0 Å². The molecule has 0 aromatic heterocycles. The van der Waals surface area contributed by atoms with Crippen molar-refractivity contribution in [1.29, 1.82) is 0 Å². The fourth-order valence-corrected chi connectivity index (χ4v) is 5.37. The van der Waals surface area contributed by atoms with Crippen molar-refractivity contribution in [2.45, 2.75) is 6.42 Å². The molecule has 0 unspecified atom stereocenters. The van der Waals surface area contributed by atoms with E-state index in [9.17, 15) is 0 Å². The van der Waals surface area contributed by atoms with Gasteiger partial charge in [0.25, 0.3) is 0 Å². The van der Waals surface area contributed by atoms with E-state index in [2.05, 4.69) is 97.1 Å². The molecule has 0 N–H and O–H groups in total. The first-order valence-electron chi connectivity index (χ1n) is 10.3. The van der Waals surface area contributed by atoms with Gasteiger partial charge in [-0.2, -0.15) is 0 Å². The van der Waals surface area contributed by atoms with Gasteiger partial charge < -0.3 is 0 Å². The molecule has 0 amide bonds. The van der Waals surface area contributed by atoms with Gasteiger partial charge in [-0.05, 0) is 77.8 Å². The summed E-state index contributed by atoms with van der Waals surface area (Å²) in [7, 11) is 0. The van der Waals surface area contributed by atoms with Crippen molar-refractivity contribution >= 4 is 43.1 Å². The zero-order valence-electron chi connectivity index (χ0n) is 15.9. The topological polar surface area (TPSA) is 0 Å². The van der Waals surface area contributed by atoms with Crippen LogP contribution in [0.15, 0.2) is 97.1 Å². The van der Waals surface area contributed by atoms with Gasteiger partial charge >= 0.3 is 0 Å². The molecule has 0 radical (unpaired) electrons. The monoisotopic (exact) mass is 366 g/mol. The zero-order valence-corrected chi connectivity index (χ0v) is 15.9. The fourth-order valence-electron chi connectivity index (χ4n) is 5.37. The largest absolute Gasteiger partial charge is 0.0616 e. The van der Waals surface area contributed by atoms with E-state index >= 15 is 0 Å². The van der Waals surface area contributed by atoms with Gasteiger partial charge in [-0.3, -0.25) is 0 Å². The molecule has 0 heterocycles. The van der Waals surface area contributed by atoms with Crippen molar-refractivity contribution in [1.82, 2.24) is 0 Å². The molecule has 6 aromatic carbocycles. The molecule has 29 heavy (non-hydrogen) atoms. The minimum Gasteiger partial charge on any atom is -0.0616 e. The number of benzene rings is 6. The third-order valence-electron chi connectivity index (χ3n) is 6.62. The summed E-state index contributed by atoms with van der Waals surface area (Å²) in [6.45, 7) is 0. The molecule has 0 saturated carbocycles. The highest BCUT2D eigenvalue weighted by Crippen LogP contribution is 2.47. The van der Waals surface area contributed by atoms with Crippen LogP contribution in [-0.2, 0) is 6.42 Å². The smallest absolute Gasteiger partial charge is 0.00130 e. The van der Waals surface area contributed by atoms with E-state index < -0.39 is 0 Å². The van der Waals surface area contributed by atoms with Crippen LogP contribution in [0.2, 0.25) is 0 Å². The normalized spacial score (nSPS) is 12.7. The SMILES string of the molecule is c1ccc2cc3c(cc2c1)Cc1ccc2c4ccccc4c4ccccc4c2c1-3. The minimum absolute atomic E-state index is 1.02. The quantitative estimate of drug-likeness (QED) is 0.240. The minimum atomic E-state index is 1.02. The Kier molecular flexibility index (Phi) is 2.88. The van der Waals surface area contributed by atoms with E-state index in [4.69, 9.17) is 0 Å². The average Bonchev–Trinajstić information content (AvgIpc) is 3.15. The van der Waals surface area contributed by atoms with Crippen LogP contribution in [0.5, 0.6) is 0 Å². The van der Waals surface area contributed by atoms with Crippen LogP contribution < -0.4 is 0 Å². The summed E-state index contributed by atoms with van der Waals surface area (Å²) in [5, 5.41) is 10.8. The van der Waals surface area contributed by atoms with Crippen LogP contribution in [0.3, 0.4) is 0 Å². The third-order valence-corrected chi connectivity index (χ3v) is 6.62. The van der Waals surface area contributed by atoms with Crippen molar-refractivity contribution in [3.63, 3.8) is 0 Å². The summed E-state index contributed by atoms with van der Waals surface area (Å²) in [5.41, 5.74) is 5.74. The van der Waals surface area contributed by atoms with Gasteiger partial charge in [-0.1, -0.05) is 91.0 Å². The van der Waals surface area contributed by atoms with Gasteiger partial charge in [0, 0.05) is 0 Å². The number of rotatable bonds is 0. The number of hydrogen-bond donors (Lipinski definition) is 0. The summed E-state index contributed by atoms with van der Waals surface area (Å²) in [6.07, 6.45) is 1.02. The fraction of sp³-hybridized carbons (Fsp3) is 0.0345. The third kappa shape index (κ3) is 1.98. The number of fused-ring (bicyclic) bond motifs is 11. The lowest BCUT2D eigenvalue weighted by atomic mass is 9.89. The molecule has 0 heteroatoms. The molecule has 0 aliphatic heterocycles. The van der Waals surface area contributed by atoms with Gasteiger partial charge in [0.2, 0.25) is 0 Å². The number of hydrogen-bond acceptors (Lipinski definition) is 0. The second-order valence-electron chi connectivity index (χ2n) is 8.15. The molecule has 0 saturated heterocycles. The van der Waals surface area contributed by atoms with Crippen LogP contribution >= 0.6 is 0 Å². The highest BCUT2D eigenvalue weighted by molar-refractivity contribution is 6.29. The first-order valence-corrected chi connectivity index (χ1v) is 10.3. The summed E-state index contributed by atoms with van der Waals surface area (Å²) in [4.78, 5) is 0. The first-order chi connectivity index (χ1) is 14.4. The lowest BCUT2D eigenvalue weighted by Gasteiger charge is -2.14. The van der Waals surface area contributed by atoms with E-state index in [1.165, 1.54) is 65.3 Å². The summed E-state index contributed by atoms with van der Waals surface area (Å²) in [6, 6.07) is 35.9. The molecule has 0 bridgehead atoms. The van der Waals surface area contributed by atoms with Crippen molar-refractivity contribution in [2.75, 3.05) is 0 Å². The van der Waals surface area contributed by atoms with Gasteiger partial charge in [0.15, 0.2) is 0 Å². The van der Waals surface area contributed by atoms with Gasteiger partial charge in [-0.25, -0.2) is 0 Å². The summed E-state index contributed by atoms with van der Waals surface area (Å²) < 4.78 is 0. The maximum Gasteiger partial charge on any atom is -0.00130 e. The Morgan fingerprint density at radius 1 is 0.448 bits per heavy atom. The molecular formula is C29H18. The van der Waals surface area contributed by atoms with Crippen molar-refractivity contribution in [3.8, 4) is 11.1 Å². The maximum absolute atomic E-state index is 2.40. The summed E-state index contributed by atoms with van der Waals surface area (Å²) >= 11 is 0. The Hall–Kier alpha value is -3.64. The first kappa shape index (κ1) is 15.3. The van der Waals surface area contributed by atoms with E-state index in [1.54, 1.807) is 0 Å². The molecule has 1 aliphatic carbocycles. The predicted octanol–water partition coefficient (Wildman–Crippen LogP) is 7.87. The molecule has 0 atom stereocenters. The highest BCUT2D eigenvalue weighted by atomic mass is 14.3.